The van der Waals surface area contributed by atoms with E-state index in [0.717, 1.165) is 23.1 Å². The Labute approximate surface area is 195 Å². The van der Waals surface area contributed by atoms with Crippen LogP contribution in [0.1, 0.15) is 53.1 Å². The molecule has 33 heavy (non-hydrogen) atoms. The van der Waals surface area contributed by atoms with Crippen LogP contribution in [0.3, 0.4) is 0 Å². The Hall–Kier alpha value is -2.70. The van der Waals surface area contributed by atoms with Gasteiger partial charge in [-0.25, -0.2) is 0 Å². The highest BCUT2D eigenvalue weighted by Gasteiger charge is 2.26. The van der Waals surface area contributed by atoms with Crippen molar-refractivity contribution in [2.75, 3.05) is 33.4 Å². The lowest BCUT2D eigenvalue weighted by Crippen LogP contribution is -2.40. The highest BCUT2D eigenvalue weighted by molar-refractivity contribution is 6.05. The highest BCUT2D eigenvalue weighted by Crippen LogP contribution is 2.37. The van der Waals surface area contributed by atoms with Gasteiger partial charge in [-0.1, -0.05) is 24.3 Å². The first-order chi connectivity index (χ1) is 16.2. The molecule has 0 N–H and O–H groups in total. The molecule has 3 heterocycles. The Morgan fingerprint density at radius 2 is 1.85 bits per heavy atom. The number of amides is 1. The minimum Gasteiger partial charge on any atom is -0.380 e. The Morgan fingerprint density at radius 3 is 2.58 bits per heavy atom. The van der Waals surface area contributed by atoms with Crippen LogP contribution in [0, 0.1) is 5.92 Å². The molecular weight excluding hydrogens is 414 g/mol. The fourth-order valence-corrected chi connectivity index (χ4v) is 5.38. The van der Waals surface area contributed by atoms with Crippen LogP contribution in [-0.2, 0) is 22.6 Å². The van der Waals surface area contributed by atoms with Gasteiger partial charge >= 0.3 is 0 Å². The predicted octanol–water partition coefficient (Wildman–Crippen LogP) is 4.63. The molecule has 6 nitrogen and oxygen atoms in total. The summed E-state index contributed by atoms with van der Waals surface area (Å²) in [7, 11) is 1.74. The summed E-state index contributed by atoms with van der Waals surface area (Å²) in [6.07, 6.45) is 8.66. The van der Waals surface area contributed by atoms with E-state index in [1.807, 2.05) is 17.2 Å². The normalized spacial score (nSPS) is 21.4. The van der Waals surface area contributed by atoms with E-state index in [-0.39, 0.29) is 5.91 Å². The summed E-state index contributed by atoms with van der Waals surface area (Å²) in [6, 6.07) is 13.0. The fourth-order valence-electron chi connectivity index (χ4n) is 5.38. The first kappa shape index (κ1) is 22.1. The number of hydrogen-bond acceptors (Lipinski definition) is 4. The maximum atomic E-state index is 13.2. The van der Waals surface area contributed by atoms with Gasteiger partial charge < -0.3 is 18.9 Å². The summed E-state index contributed by atoms with van der Waals surface area (Å²) in [5.41, 5.74) is 5.27. The maximum absolute atomic E-state index is 13.2. The number of rotatable bonds is 6. The van der Waals surface area contributed by atoms with E-state index in [0.29, 0.717) is 44.7 Å². The molecule has 0 radical (unpaired) electrons. The summed E-state index contributed by atoms with van der Waals surface area (Å²) in [4.78, 5) is 19.7. The number of pyridine rings is 1. The number of nitrogens with zero attached hydrogens (tertiary/aromatic N) is 3. The van der Waals surface area contributed by atoms with Gasteiger partial charge in [-0.3, -0.25) is 9.78 Å². The van der Waals surface area contributed by atoms with Gasteiger partial charge in [-0.15, -0.1) is 0 Å². The van der Waals surface area contributed by atoms with Gasteiger partial charge in [0.05, 0.1) is 30.9 Å². The highest BCUT2D eigenvalue weighted by atomic mass is 16.5. The zero-order chi connectivity index (χ0) is 22.6. The van der Waals surface area contributed by atoms with Crippen LogP contribution in [-0.4, -0.2) is 53.8 Å². The van der Waals surface area contributed by atoms with E-state index in [1.54, 1.807) is 13.3 Å². The van der Waals surface area contributed by atoms with Gasteiger partial charge in [0.1, 0.15) is 5.52 Å². The van der Waals surface area contributed by atoms with Crippen molar-refractivity contribution in [1.82, 2.24) is 14.5 Å². The molecule has 2 aromatic heterocycles. The lowest BCUT2D eigenvalue weighted by atomic mass is 9.78. The second-order valence-electron chi connectivity index (χ2n) is 9.36. The van der Waals surface area contributed by atoms with Crippen molar-refractivity contribution in [3.05, 3.63) is 65.5 Å². The third-order valence-corrected chi connectivity index (χ3v) is 7.23. The predicted molar refractivity (Wildman–Crippen MR) is 128 cm³/mol. The Bertz CT molecular complexity index is 1080. The standard InChI is InChI=1S/C27H33N3O3/c1-32-19-21-6-10-23(11-7-21)22-8-4-20(5-9-22)17-30-18-24(26-25(30)3-2-12-28-26)27(31)29-13-15-33-16-14-29/h2-3,6-7,10-12,18,20,22H,4-5,8-9,13-17,19H2,1H3. The average Bonchev–Trinajstić information content (AvgIpc) is 3.24. The molecule has 1 aliphatic heterocycles. The van der Waals surface area contributed by atoms with Crippen molar-refractivity contribution in [3.63, 3.8) is 0 Å². The third kappa shape index (κ3) is 4.82. The number of morpholine rings is 1. The molecule has 1 saturated heterocycles. The third-order valence-electron chi connectivity index (χ3n) is 7.23. The largest absolute Gasteiger partial charge is 0.380 e. The van der Waals surface area contributed by atoms with E-state index in [1.165, 1.54) is 36.8 Å². The summed E-state index contributed by atoms with van der Waals surface area (Å²) in [5, 5.41) is 0. The molecule has 1 saturated carbocycles. The van der Waals surface area contributed by atoms with Crippen molar-refractivity contribution in [2.24, 2.45) is 5.92 Å². The lowest BCUT2D eigenvalue weighted by molar-refractivity contribution is 0.0304. The number of ether oxygens (including phenoxy) is 2. The summed E-state index contributed by atoms with van der Waals surface area (Å²) in [5.74, 6) is 1.33. The second kappa shape index (κ2) is 10.1. The van der Waals surface area contributed by atoms with Crippen molar-refractivity contribution in [1.29, 1.82) is 0 Å². The fraction of sp³-hybridized carbons (Fsp3) is 0.481. The van der Waals surface area contributed by atoms with Gasteiger partial charge in [0, 0.05) is 39.1 Å². The molecule has 0 spiro atoms. The number of carbonyl (C=O) groups excluding carboxylic acids is 1. The van der Waals surface area contributed by atoms with Crippen LogP contribution >= 0.6 is 0 Å². The summed E-state index contributed by atoms with van der Waals surface area (Å²) < 4.78 is 12.9. The first-order valence-corrected chi connectivity index (χ1v) is 12.1. The molecule has 0 unspecified atom stereocenters. The van der Waals surface area contributed by atoms with Crippen molar-refractivity contribution < 1.29 is 14.3 Å². The minimum absolute atomic E-state index is 0.0707. The van der Waals surface area contributed by atoms with Crippen LogP contribution in [0.5, 0.6) is 0 Å². The van der Waals surface area contributed by atoms with Gasteiger partial charge in [0.15, 0.2) is 0 Å². The quantitative estimate of drug-likeness (QED) is 0.553. The van der Waals surface area contributed by atoms with Gasteiger partial charge in [0.25, 0.3) is 5.91 Å². The molecule has 0 bridgehead atoms. The number of fused-ring (bicyclic) bond motifs is 1. The molecule has 1 aromatic carbocycles. The van der Waals surface area contributed by atoms with E-state index < -0.39 is 0 Å². The molecule has 5 rings (SSSR count). The van der Waals surface area contributed by atoms with Crippen LogP contribution in [0.4, 0.5) is 0 Å². The van der Waals surface area contributed by atoms with Gasteiger partial charge in [-0.2, -0.15) is 0 Å². The number of benzene rings is 1. The molecule has 2 fully saturated rings. The Kier molecular flexibility index (Phi) is 6.74. The molecule has 0 atom stereocenters. The minimum atomic E-state index is 0.0707. The summed E-state index contributed by atoms with van der Waals surface area (Å²) in [6.45, 7) is 4.12. The topological polar surface area (TPSA) is 56.6 Å². The lowest BCUT2D eigenvalue weighted by Gasteiger charge is -2.29. The molecule has 2 aliphatic rings. The first-order valence-electron chi connectivity index (χ1n) is 12.1. The van der Waals surface area contributed by atoms with Crippen LogP contribution in [0.15, 0.2) is 48.8 Å². The van der Waals surface area contributed by atoms with Crippen LogP contribution in [0.2, 0.25) is 0 Å². The Balaban J connectivity index is 1.27. The molecule has 1 amide bonds. The van der Waals surface area contributed by atoms with E-state index in [2.05, 4.69) is 39.9 Å². The zero-order valence-electron chi connectivity index (χ0n) is 19.4. The van der Waals surface area contributed by atoms with E-state index in [4.69, 9.17) is 9.47 Å². The molecule has 3 aromatic rings. The van der Waals surface area contributed by atoms with E-state index >= 15 is 0 Å². The molecular formula is C27H33N3O3. The number of hydrogen-bond donors (Lipinski definition) is 0. The average molecular weight is 448 g/mol. The molecule has 6 heteroatoms. The number of aromatic nitrogens is 2. The summed E-state index contributed by atoms with van der Waals surface area (Å²) >= 11 is 0. The number of carbonyl (C=O) groups is 1. The number of methoxy groups -OCH3 is 1. The van der Waals surface area contributed by atoms with Gasteiger partial charge in [-0.05, 0) is 60.8 Å². The molecule has 1 aliphatic carbocycles. The second-order valence-corrected chi connectivity index (χ2v) is 9.36. The van der Waals surface area contributed by atoms with Gasteiger partial charge in [0.2, 0.25) is 0 Å². The van der Waals surface area contributed by atoms with E-state index in [9.17, 15) is 4.79 Å². The SMILES string of the molecule is COCc1ccc(C2CCC(Cn3cc(C(=O)N4CCOCC4)c4ncccc43)CC2)cc1. The van der Waals surface area contributed by atoms with Crippen LogP contribution < -0.4 is 0 Å². The smallest absolute Gasteiger partial charge is 0.257 e. The van der Waals surface area contributed by atoms with Crippen LogP contribution in [0.25, 0.3) is 11.0 Å². The zero-order valence-corrected chi connectivity index (χ0v) is 19.4. The Morgan fingerprint density at radius 1 is 1.09 bits per heavy atom. The van der Waals surface area contributed by atoms with Crippen molar-refractivity contribution >= 4 is 16.9 Å². The maximum Gasteiger partial charge on any atom is 0.257 e. The molecule has 174 valence electrons. The van der Waals surface area contributed by atoms with Crippen molar-refractivity contribution in [3.8, 4) is 0 Å². The monoisotopic (exact) mass is 447 g/mol. The van der Waals surface area contributed by atoms with Crippen molar-refractivity contribution in [2.45, 2.75) is 44.8 Å².